The predicted octanol–water partition coefficient (Wildman–Crippen LogP) is 3.05. The van der Waals surface area contributed by atoms with Gasteiger partial charge in [0.05, 0.1) is 30.8 Å². The molecule has 1 fully saturated rings. The maximum atomic E-state index is 12.8. The molecule has 4 rings (SSSR count). The highest BCUT2D eigenvalue weighted by molar-refractivity contribution is 5.93. The van der Waals surface area contributed by atoms with Gasteiger partial charge in [-0.15, -0.1) is 0 Å². The standard InChI is InChI=1S/C20H20N2O3/c1-13-7-8-15(11-14(13)2)19-16-5-3-4-6-17(16)20(23)22(21-19)12-18-24-9-10-25-18/h3-8,11,18H,9-10,12H2,1-2H3. The molecule has 1 saturated heterocycles. The minimum atomic E-state index is -0.418. The van der Waals surface area contributed by atoms with E-state index in [-0.39, 0.29) is 5.56 Å². The molecular weight excluding hydrogens is 316 g/mol. The van der Waals surface area contributed by atoms with Gasteiger partial charge in [-0.2, -0.15) is 5.10 Å². The molecule has 0 spiro atoms. The molecule has 2 heterocycles. The molecule has 0 unspecified atom stereocenters. The highest BCUT2D eigenvalue weighted by atomic mass is 16.7. The molecule has 5 heteroatoms. The van der Waals surface area contributed by atoms with Gasteiger partial charge in [0.25, 0.3) is 5.56 Å². The van der Waals surface area contributed by atoms with Gasteiger partial charge in [-0.1, -0.05) is 30.3 Å². The molecule has 3 aromatic rings. The van der Waals surface area contributed by atoms with Crippen molar-refractivity contribution in [1.82, 2.24) is 9.78 Å². The SMILES string of the molecule is Cc1ccc(-c2nn(CC3OCCO3)c(=O)c3ccccc23)cc1C. The van der Waals surface area contributed by atoms with Crippen LogP contribution in [0.3, 0.4) is 0 Å². The van der Waals surface area contributed by atoms with Crippen LogP contribution in [-0.4, -0.2) is 29.3 Å². The second kappa shape index (κ2) is 6.43. The fourth-order valence-electron chi connectivity index (χ4n) is 3.11. The first-order valence-electron chi connectivity index (χ1n) is 8.44. The molecule has 25 heavy (non-hydrogen) atoms. The number of ether oxygens (including phenoxy) is 2. The Bertz CT molecular complexity index is 988. The van der Waals surface area contributed by atoms with Gasteiger partial charge >= 0.3 is 0 Å². The van der Waals surface area contributed by atoms with Crippen molar-refractivity contribution in [2.45, 2.75) is 26.7 Å². The Morgan fingerprint density at radius 2 is 1.76 bits per heavy atom. The third-order valence-electron chi connectivity index (χ3n) is 4.66. The van der Waals surface area contributed by atoms with Gasteiger partial charge in [-0.25, -0.2) is 4.68 Å². The van der Waals surface area contributed by atoms with Gasteiger partial charge in [0.15, 0.2) is 6.29 Å². The van der Waals surface area contributed by atoms with E-state index >= 15 is 0 Å². The lowest BCUT2D eigenvalue weighted by Crippen LogP contribution is -2.30. The summed E-state index contributed by atoms with van der Waals surface area (Å²) in [6, 6.07) is 13.8. The zero-order chi connectivity index (χ0) is 17.4. The van der Waals surface area contributed by atoms with Crippen LogP contribution < -0.4 is 5.56 Å². The first kappa shape index (κ1) is 16.0. The average molecular weight is 336 g/mol. The fourth-order valence-corrected chi connectivity index (χ4v) is 3.11. The van der Waals surface area contributed by atoms with E-state index in [1.54, 1.807) is 0 Å². The summed E-state index contributed by atoms with van der Waals surface area (Å²) >= 11 is 0. The lowest BCUT2D eigenvalue weighted by molar-refractivity contribution is -0.0552. The van der Waals surface area contributed by atoms with Gasteiger partial charge in [-0.3, -0.25) is 4.79 Å². The third-order valence-corrected chi connectivity index (χ3v) is 4.66. The maximum absolute atomic E-state index is 12.8. The molecule has 0 amide bonds. The molecule has 0 bridgehead atoms. The normalized spacial score (nSPS) is 15.1. The second-order valence-electron chi connectivity index (χ2n) is 6.35. The van der Waals surface area contributed by atoms with Gasteiger partial charge in [0.2, 0.25) is 0 Å². The first-order chi connectivity index (χ1) is 12.1. The highest BCUT2D eigenvalue weighted by Crippen LogP contribution is 2.26. The van der Waals surface area contributed by atoms with E-state index in [1.165, 1.54) is 15.8 Å². The van der Waals surface area contributed by atoms with Crippen LogP contribution in [0.15, 0.2) is 47.3 Å². The van der Waals surface area contributed by atoms with E-state index in [0.717, 1.165) is 16.6 Å². The van der Waals surface area contributed by atoms with E-state index in [9.17, 15) is 4.79 Å². The van der Waals surface area contributed by atoms with Crippen molar-refractivity contribution >= 4 is 10.8 Å². The van der Waals surface area contributed by atoms with Gasteiger partial charge in [0.1, 0.15) is 0 Å². The van der Waals surface area contributed by atoms with E-state index in [2.05, 4.69) is 37.1 Å². The number of hydrogen-bond acceptors (Lipinski definition) is 4. The van der Waals surface area contributed by atoms with E-state index in [0.29, 0.717) is 25.1 Å². The molecule has 2 aromatic carbocycles. The number of aryl methyl sites for hydroxylation is 2. The molecule has 0 saturated carbocycles. The van der Waals surface area contributed by atoms with Crippen LogP contribution in [0, 0.1) is 13.8 Å². The monoisotopic (exact) mass is 336 g/mol. The topological polar surface area (TPSA) is 53.4 Å². The minimum absolute atomic E-state index is 0.123. The molecule has 5 nitrogen and oxygen atoms in total. The molecule has 1 aliphatic rings. The summed E-state index contributed by atoms with van der Waals surface area (Å²) < 4.78 is 12.4. The maximum Gasteiger partial charge on any atom is 0.274 e. The van der Waals surface area contributed by atoms with Crippen molar-refractivity contribution in [1.29, 1.82) is 0 Å². The van der Waals surface area contributed by atoms with E-state index in [1.807, 2.05) is 24.3 Å². The lowest BCUT2D eigenvalue weighted by atomic mass is 10.0. The third kappa shape index (κ3) is 2.97. The highest BCUT2D eigenvalue weighted by Gasteiger charge is 2.20. The van der Waals surface area contributed by atoms with Crippen molar-refractivity contribution < 1.29 is 9.47 Å². The van der Waals surface area contributed by atoms with Crippen LogP contribution in [-0.2, 0) is 16.0 Å². The van der Waals surface area contributed by atoms with Crippen LogP contribution in [0.25, 0.3) is 22.0 Å². The Balaban J connectivity index is 1.91. The molecule has 0 N–H and O–H groups in total. The van der Waals surface area contributed by atoms with E-state index < -0.39 is 6.29 Å². The van der Waals surface area contributed by atoms with Crippen LogP contribution in [0.5, 0.6) is 0 Å². The molecule has 0 radical (unpaired) electrons. The summed E-state index contributed by atoms with van der Waals surface area (Å²) in [5.74, 6) is 0. The number of hydrogen-bond donors (Lipinski definition) is 0. The van der Waals surface area contributed by atoms with Crippen molar-refractivity contribution in [2.24, 2.45) is 0 Å². The summed E-state index contributed by atoms with van der Waals surface area (Å²) in [6.45, 7) is 5.56. The minimum Gasteiger partial charge on any atom is -0.348 e. The molecule has 0 aliphatic carbocycles. The molecule has 0 atom stereocenters. The van der Waals surface area contributed by atoms with Gasteiger partial charge in [-0.05, 0) is 37.1 Å². The fraction of sp³-hybridized carbons (Fsp3) is 0.300. The summed E-state index contributed by atoms with van der Waals surface area (Å²) in [6.07, 6.45) is -0.418. The van der Waals surface area contributed by atoms with E-state index in [4.69, 9.17) is 9.47 Å². The Kier molecular flexibility index (Phi) is 4.11. The number of benzene rings is 2. The Morgan fingerprint density at radius 1 is 1.04 bits per heavy atom. The smallest absolute Gasteiger partial charge is 0.274 e. The van der Waals surface area contributed by atoms with Crippen LogP contribution >= 0.6 is 0 Å². The summed E-state index contributed by atoms with van der Waals surface area (Å²) in [4.78, 5) is 12.8. The number of rotatable bonds is 3. The van der Waals surface area contributed by atoms with Crippen molar-refractivity contribution in [3.63, 3.8) is 0 Å². The largest absolute Gasteiger partial charge is 0.348 e. The molecule has 1 aromatic heterocycles. The molecule has 1 aliphatic heterocycles. The number of fused-ring (bicyclic) bond motifs is 1. The lowest BCUT2D eigenvalue weighted by Gasteiger charge is -2.14. The summed E-state index contributed by atoms with van der Waals surface area (Å²) in [5.41, 5.74) is 4.11. The Labute approximate surface area is 145 Å². The van der Waals surface area contributed by atoms with Crippen LogP contribution in [0.4, 0.5) is 0 Å². The molecular formula is C20H20N2O3. The number of aromatic nitrogens is 2. The van der Waals surface area contributed by atoms with Crippen molar-refractivity contribution in [2.75, 3.05) is 13.2 Å². The van der Waals surface area contributed by atoms with Crippen LogP contribution in [0.1, 0.15) is 11.1 Å². The Hall–Kier alpha value is -2.50. The zero-order valence-electron chi connectivity index (χ0n) is 14.4. The van der Waals surface area contributed by atoms with Crippen LogP contribution in [0.2, 0.25) is 0 Å². The molecule has 128 valence electrons. The summed E-state index contributed by atoms with van der Waals surface area (Å²) in [5, 5.41) is 6.17. The quantitative estimate of drug-likeness (QED) is 0.738. The van der Waals surface area contributed by atoms with Gasteiger partial charge in [0, 0.05) is 10.9 Å². The first-order valence-corrected chi connectivity index (χ1v) is 8.44. The second-order valence-corrected chi connectivity index (χ2v) is 6.35. The number of nitrogens with zero attached hydrogens (tertiary/aromatic N) is 2. The zero-order valence-corrected chi connectivity index (χ0v) is 14.4. The van der Waals surface area contributed by atoms with Gasteiger partial charge < -0.3 is 9.47 Å². The van der Waals surface area contributed by atoms with Crippen molar-refractivity contribution in [3.05, 3.63) is 63.9 Å². The van der Waals surface area contributed by atoms with Crippen molar-refractivity contribution in [3.8, 4) is 11.3 Å². The Morgan fingerprint density at radius 3 is 2.48 bits per heavy atom. The predicted molar refractivity (Wildman–Crippen MR) is 96.6 cm³/mol. The average Bonchev–Trinajstić information content (AvgIpc) is 3.13. The summed E-state index contributed by atoms with van der Waals surface area (Å²) in [7, 11) is 0.